The Hall–Kier alpha value is -2.70. The first kappa shape index (κ1) is 20.6. The monoisotopic (exact) mass is 372 g/mol. The summed E-state index contributed by atoms with van der Waals surface area (Å²) in [5.41, 5.74) is 0.226. The van der Waals surface area contributed by atoms with Crippen LogP contribution in [0.4, 0.5) is 0 Å². The number of nitrogens with zero attached hydrogens (tertiary/aromatic N) is 2. The van der Waals surface area contributed by atoms with E-state index in [1.807, 2.05) is 20.8 Å². The average molecular weight is 372 g/mol. The van der Waals surface area contributed by atoms with Crippen molar-refractivity contribution < 1.29 is 14.7 Å². The smallest absolute Gasteiger partial charge is 0.261 e. The molecule has 2 rings (SSSR count). The Morgan fingerprint density at radius 1 is 1.22 bits per heavy atom. The Labute approximate surface area is 158 Å². The van der Waals surface area contributed by atoms with Crippen LogP contribution in [-0.2, 0) is 9.59 Å². The van der Waals surface area contributed by atoms with Crippen LogP contribution in [0.1, 0.15) is 46.6 Å². The lowest BCUT2D eigenvalue weighted by atomic mass is 9.97. The van der Waals surface area contributed by atoms with Gasteiger partial charge < -0.3 is 15.2 Å². The van der Waals surface area contributed by atoms with Crippen LogP contribution in [0.2, 0.25) is 0 Å². The van der Waals surface area contributed by atoms with E-state index in [9.17, 15) is 19.5 Å². The Bertz CT molecular complexity index is 875. The predicted molar refractivity (Wildman–Crippen MR) is 101 cm³/mol. The van der Waals surface area contributed by atoms with Gasteiger partial charge in [0.15, 0.2) is 0 Å². The summed E-state index contributed by atoms with van der Waals surface area (Å²) in [6.45, 7) is 7.45. The second kappa shape index (κ2) is 8.79. The molecule has 0 bridgehead atoms. The molecule has 1 amide bonds. The third kappa shape index (κ3) is 4.72. The summed E-state index contributed by atoms with van der Waals surface area (Å²) in [6, 6.07) is 4.96. The summed E-state index contributed by atoms with van der Waals surface area (Å²) in [5, 5.41) is 14.4. The zero-order valence-electron chi connectivity index (χ0n) is 16.1. The molecule has 0 aliphatic heterocycles. The molecule has 0 aliphatic carbocycles. The normalized spacial score (nSPS) is 14.7. The second-order valence-corrected chi connectivity index (χ2v) is 7.31. The molecule has 1 N–H and O–H groups in total. The first-order chi connectivity index (χ1) is 12.8. The molecular weight excluding hydrogens is 346 g/mol. The first-order valence-electron chi connectivity index (χ1n) is 9.23. The summed E-state index contributed by atoms with van der Waals surface area (Å²) in [6.07, 6.45) is 2.31. The van der Waals surface area contributed by atoms with E-state index in [4.69, 9.17) is 0 Å². The summed E-state index contributed by atoms with van der Waals surface area (Å²) < 4.78 is 1.29. The van der Waals surface area contributed by atoms with Crippen LogP contribution in [0.3, 0.4) is 0 Å². The van der Waals surface area contributed by atoms with Crippen LogP contribution in [0.15, 0.2) is 35.4 Å². The molecule has 0 saturated heterocycles. The van der Waals surface area contributed by atoms with E-state index in [1.54, 1.807) is 31.2 Å². The van der Waals surface area contributed by atoms with Gasteiger partial charge in [-0.15, -0.1) is 0 Å². The van der Waals surface area contributed by atoms with Gasteiger partial charge in [-0.1, -0.05) is 46.2 Å². The summed E-state index contributed by atoms with van der Waals surface area (Å²) in [5.74, 6) is -2.02. The van der Waals surface area contributed by atoms with Gasteiger partial charge in [0.25, 0.3) is 5.56 Å². The summed E-state index contributed by atoms with van der Waals surface area (Å²) in [7, 11) is 0. The van der Waals surface area contributed by atoms with Crippen LogP contribution in [-0.4, -0.2) is 27.5 Å². The first-order valence-corrected chi connectivity index (χ1v) is 9.23. The number of rotatable bonds is 8. The van der Waals surface area contributed by atoms with Gasteiger partial charge >= 0.3 is 0 Å². The zero-order chi connectivity index (χ0) is 20.1. The topological polar surface area (TPSA) is 104 Å². The van der Waals surface area contributed by atoms with Crippen molar-refractivity contribution in [1.29, 1.82) is 0 Å². The standard InChI is InChI=1S/C20H27N3O4/c1-5-13(4)17(20(26)27)22-18(24)16(10-12(2)3)23-11-21-15-9-7-6-8-14(15)19(23)25/h6-9,11-13,16-17H,5,10H2,1-4H3,(H,22,24)(H,26,27)/p-1/t13-,16+,17+/m1/s1. The minimum absolute atomic E-state index is 0.115. The average Bonchev–Trinajstić information content (AvgIpc) is 2.64. The molecule has 1 aromatic carbocycles. The molecule has 0 unspecified atom stereocenters. The van der Waals surface area contributed by atoms with E-state index in [2.05, 4.69) is 10.3 Å². The molecule has 7 nitrogen and oxygen atoms in total. The molecule has 1 heterocycles. The number of fused-ring (bicyclic) bond motifs is 1. The predicted octanol–water partition coefficient (Wildman–Crippen LogP) is 1.26. The molecule has 0 saturated carbocycles. The van der Waals surface area contributed by atoms with Gasteiger partial charge in [-0.2, -0.15) is 0 Å². The number of carbonyl (C=O) groups is 2. The quantitative estimate of drug-likeness (QED) is 0.751. The van der Waals surface area contributed by atoms with Crippen molar-refractivity contribution in [3.63, 3.8) is 0 Å². The van der Waals surface area contributed by atoms with Crippen LogP contribution in [0.25, 0.3) is 10.9 Å². The second-order valence-electron chi connectivity index (χ2n) is 7.31. The van der Waals surface area contributed by atoms with Gasteiger partial charge in [-0.3, -0.25) is 14.2 Å². The Balaban J connectivity index is 2.43. The van der Waals surface area contributed by atoms with Gasteiger partial charge in [0.05, 0.1) is 29.2 Å². The largest absolute Gasteiger partial charge is 0.548 e. The van der Waals surface area contributed by atoms with E-state index in [0.29, 0.717) is 23.7 Å². The highest BCUT2D eigenvalue weighted by atomic mass is 16.4. The Morgan fingerprint density at radius 2 is 1.89 bits per heavy atom. The van der Waals surface area contributed by atoms with Gasteiger partial charge in [-0.25, -0.2) is 4.98 Å². The Kier molecular flexibility index (Phi) is 6.71. The molecule has 0 spiro atoms. The maximum absolute atomic E-state index is 12.9. The molecule has 0 radical (unpaired) electrons. The molecule has 0 fully saturated rings. The number of carboxylic acid groups (broad SMARTS) is 1. The van der Waals surface area contributed by atoms with Crippen molar-refractivity contribution in [2.75, 3.05) is 0 Å². The number of carbonyl (C=O) groups excluding carboxylic acids is 2. The van der Waals surface area contributed by atoms with Crippen LogP contribution in [0.5, 0.6) is 0 Å². The van der Waals surface area contributed by atoms with Gasteiger partial charge in [0.1, 0.15) is 6.04 Å². The van der Waals surface area contributed by atoms with Crippen LogP contribution < -0.4 is 16.0 Å². The highest BCUT2D eigenvalue weighted by Crippen LogP contribution is 2.19. The van der Waals surface area contributed by atoms with Crippen molar-refractivity contribution in [2.24, 2.45) is 11.8 Å². The number of hydrogen-bond donors (Lipinski definition) is 1. The lowest BCUT2D eigenvalue weighted by molar-refractivity contribution is -0.309. The van der Waals surface area contributed by atoms with E-state index < -0.39 is 24.0 Å². The van der Waals surface area contributed by atoms with E-state index in [1.165, 1.54) is 10.9 Å². The number of amides is 1. The fourth-order valence-corrected chi connectivity index (χ4v) is 3.02. The summed E-state index contributed by atoms with van der Waals surface area (Å²) in [4.78, 5) is 41.5. The van der Waals surface area contributed by atoms with Crippen molar-refractivity contribution in [3.8, 4) is 0 Å². The van der Waals surface area contributed by atoms with Crippen molar-refractivity contribution in [1.82, 2.24) is 14.9 Å². The molecule has 0 aliphatic rings. The van der Waals surface area contributed by atoms with E-state index in [-0.39, 0.29) is 17.4 Å². The highest BCUT2D eigenvalue weighted by molar-refractivity contribution is 5.86. The SMILES string of the molecule is CC[C@@H](C)[C@H](NC(=O)[C@H](CC(C)C)n1cnc2ccccc2c1=O)C(=O)[O-]. The number of aliphatic carboxylic acids is 1. The molecule has 27 heavy (non-hydrogen) atoms. The fraction of sp³-hybridized carbons (Fsp3) is 0.500. The highest BCUT2D eigenvalue weighted by Gasteiger charge is 2.27. The molecule has 7 heteroatoms. The van der Waals surface area contributed by atoms with Crippen molar-refractivity contribution in [2.45, 2.75) is 52.6 Å². The van der Waals surface area contributed by atoms with Crippen molar-refractivity contribution >= 4 is 22.8 Å². The third-order valence-electron chi connectivity index (χ3n) is 4.79. The maximum Gasteiger partial charge on any atom is 0.261 e. The number of carboxylic acids is 1. The van der Waals surface area contributed by atoms with Gasteiger partial charge in [0, 0.05) is 0 Å². The lowest BCUT2D eigenvalue weighted by Gasteiger charge is -2.28. The Morgan fingerprint density at radius 3 is 2.48 bits per heavy atom. The molecule has 3 atom stereocenters. The summed E-state index contributed by atoms with van der Waals surface area (Å²) >= 11 is 0. The fourth-order valence-electron chi connectivity index (χ4n) is 3.02. The maximum atomic E-state index is 12.9. The van der Waals surface area contributed by atoms with Gasteiger partial charge in [0.2, 0.25) is 5.91 Å². The number of hydrogen-bond acceptors (Lipinski definition) is 5. The molecule has 146 valence electrons. The van der Waals surface area contributed by atoms with Crippen molar-refractivity contribution in [3.05, 3.63) is 40.9 Å². The lowest BCUT2D eigenvalue weighted by Crippen LogP contribution is -2.53. The van der Waals surface area contributed by atoms with Crippen LogP contribution in [0, 0.1) is 11.8 Å². The van der Waals surface area contributed by atoms with E-state index >= 15 is 0 Å². The van der Waals surface area contributed by atoms with E-state index in [0.717, 1.165) is 0 Å². The number of aromatic nitrogens is 2. The third-order valence-corrected chi connectivity index (χ3v) is 4.79. The zero-order valence-corrected chi connectivity index (χ0v) is 16.1. The minimum Gasteiger partial charge on any atom is -0.548 e. The number of para-hydroxylation sites is 1. The minimum atomic E-state index is -1.33. The molecule has 1 aromatic heterocycles. The van der Waals surface area contributed by atoms with Gasteiger partial charge in [-0.05, 0) is 30.4 Å². The number of benzene rings is 1. The number of nitrogens with one attached hydrogen (secondary N) is 1. The van der Waals surface area contributed by atoms with Crippen LogP contribution >= 0.6 is 0 Å². The molecule has 2 aromatic rings. The molecular formula is C20H26N3O4-.